The summed E-state index contributed by atoms with van der Waals surface area (Å²) in [5.41, 5.74) is 3.73. The van der Waals surface area contributed by atoms with Gasteiger partial charge in [0.2, 0.25) is 0 Å². The van der Waals surface area contributed by atoms with Crippen molar-refractivity contribution in [1.29, 1.82) is 0 Å². The summed E-state index contributed by atoms with van der Waals surface area (Å²) in [6.45, 7) is 7.61. The van der Waals surface area contributed by atoms with Gasteiger partial charge in [-0.05, 0) is 36.4 Å². The Morgan fingerprint density at radius 2 is 1.86 bits per heavy atom. The van der Waals surface area contributed by atoms with E-state index in [2.05, 4.69) is 60.3 Å². The molecule has 3 nitrogen and oxygen atoms in total. The van der Waals surface area contributed by atoms with E-state index in [0.717, 1.165) is 25.1 Å². The second-order valence-corrected chi connectivity index (χ2v) is 5.74. The Labute approximate surface area is 127 Å². The molecule has 0 aliphatic carbocycles. The van der Waals surface area contributed by atoms with E-state index >= 15 is 0 Å². The third-order valence-corrected chi connectivity index (χ3v) is 3.67. The lowest BCUT2D eigenvalue weighted by atomic mass is 9.98. The lowest BCUT2D eigenvalue weighted by molar-refractivity contribution is 0.516. The topological polar surface area (TPSA) is 37.8 Å². The number of nitrogens with one attached hydrogen (secondary N) is 1. The lowest BCUT2D eigenvalue weighted by Crippen LogP contribution is -2.25. The fourth-order valence-corrected chi connectivity index (χ4v) is 2.36. The predicted octanol–water partition coefficient (Wildman–Crippen LogP) is 3.88. The zero-order valence-electron chi connectivity index (χ0n) is 13.2. The molecule has 21 heavy (non-hydrogen) atoms. The van der Waals surface area contributed by atoms with Crippen LogP contribution in [0.3, 0.4) is 0 Å². The number of hydrogen-bond donors (Lipinski definition) is 1. The molecular formula is C18H25N3. The molecule has 1 heterocycles. The molecular weight excluding hydrogens is 258 g/mol. The van der Waals surface area contributed by atoms with Crippen LogP contribution in [0.25, 0.3) is 0 Å². The van der Waals surface area contributed by atoms with Crippen molar-refractivity contribution in [2.75, 3.05) is 6.54 Å². The summed E-state index contributed by atoms with van der Waals surface area (Å²) in [5.74, 6) is 0.577. The summed E-state index contributed by atoms with van der Waals surface area (Å²) < 4.78 is 0. The summed E-state index contributed by atoms with van der Waals surface area (Å²) in [6, 6.07) is 9.14. The van der Waals surface area contributed by atoms with E-state index in [9.17, 15) is 0 Å². The van der Waals surface area contributed by atoms with Gasteiger partial charge in [-0.15, -0.1) is 0 Å². The molecule has 1 N–H and O–H groups in total. The maximum absolute atomic E-state index is 4.45. The molecule has 2 rings (SSSR count). The minimum Gasteiger partial charge on any atom is -0.308 e. The van der Waals surface area contributed by atoms with Crippen molar-refractivity contribution >= 4 is 0 Å². The maximum Gasteiger partial charge on any atom is 0.0759 e. The van der Waals surface area contributed by atoms with Crippen LogP contribution < -0.4 is 5.32 Å². The van der Waals surface area contributed by atoms with Crippen LogP contribution in [0, 0.1) is 0 Å². The van der Waals surface area contributed by atoms with Crippen LogP contribution >= 0.6 is 0 Å². The highest BCUT2D eigenvalue weighted by Gasteiger charge is 2.13. The molecule has 0 aliphatic heterocycles. The Balaban J connectivity index is 2.11. The van der Waals surface area contributed by atoms with Crippen molar-refractivity contribution in [1.82, 2.24) is 15.3 Å². The second-order valence-electron chi connectivity index (χ2n) is 5.74. The largest absolute Gasteiger partial charge is 0.308 e. The Hall–Kier alpha value is -1.74. The molecule has 1 aromatic carbocycles. The van der Waals surface area contributed by atoms with Crippen molar-refractivity contribution in [2.24, 2.45) is 0 Å². The summed E-state index contributed by atoms with van der Waals surface area (Å²) in [6.07, 6.45) is 7.39. The van der Waals surface area contributed by atoms with Crippen LogP contribution in [0.1, 0.15) is 56.0 Å². The minimum absolute atomic E-state index is 0.226. The number of aromatic nitrogens is 2. The van der Waals surface area contributed by atoms with Crippen LogP contribution in [0.5, 0.6) is 0 Å². The summed E-state index contributed by atoms with van der Waals surface area (Å²) in [7, 11) is 0. The molecule has 0 saturated carbocycles. The van der Waals surface area contributed by atoms with Gasteiger partial charge in [-0.25, -0.2) is 0 Å². The summed E-state index contributed by atoms with van der Waals surface area (Å²) in [4.78, 5) is 8.64. The molecule has 0 radical (unpaired) electrons. The quantitative estimate of drug-likeness (QED) is 0.838. The zero-order valence-corrected chi connectivity index (χ0v) is 13.2. The van der Waals surface area contributed by atoms with E-state index in [0.29, 0.717) is 5.92 Å². The van der Waals surface area contributed by atoms with Gasteiger partial charge in [-0.2, -0.15) is 0 Å². The molecule has 1 atom stereocenters. The first kappa shape index (κ1) is 15.6. The van der Waals surface area contributed by atoms with Crippen LogP contribution in [0.15, 0.2) is 42.9 Å². The van der Waals surface area contributed by atoms with Gasteiger partial charge in [-0.1, -0.05) is 45.0 Å². The number of nitrogens with zero attached hydrogens (tertiary/aromatic N) is 2. The van der Waals surface area contributed by atoms with Crippen molar-refractivity contribution < 1.29 is 0 Å². The minimum atomic E-state index is 0.226. The smallest absolute Gasteiger partial charge is 0.0759 e. The van der Waals surface area contributed by atoms with Gasteiger partial charge in [0.25, 0.3) is 0 Å². The first-order chi connectivity index (χ1) is 10.2. The first-order valence-corrected chi connectivity index (χ1v) is 7.78. The SMILES string of the molecule is CCCNC(Cc1ccc(C(C)C)cc1)c1cnccn1. The standard InChI is InChI=1S/C18H25N3/c1-4-9-20-17(18-13-19-10-11-21-18)12-15-5-7-16(8-6-15)14(2)3/h5-8,10-11,13-14,17,20H,4,9,12H2,1-3H3. The van der Waals surface area contributed by atoms with E-state index in [4.69, 9.17) is 0 Å². The highest BCUT2D eigenvalue weighted by Crippen LogP contribution is 2.19. The normalized spacial score (nSPS) is 12.6. The van der Waals surface area contributed by atoms with Crippen molar-refractivity contribution in [2.45, 2.75) is 45.6 Å². The number of rotatable bonds is 7. The molecule has 0 spiro atoms. The third-order valence-electron chi connectivity index (χ3n) is 3.67. The van der Waals surface area contributed by atoms with E-state index < -0.39 is 0 Å². The van der Waals surface area contributed by atoms with E-state index in [1.54, 1.807) is 12.4 Å². The van der Waals surface area contributed by atoms with E-state index in [1.807, 2.05) is 6.20 Å². The lowest BCUT2D eigenvalue weighted by Gasteiger charge is -2.18. The fourth-order valence-electron chi connectivity index (χ4n) is 2.36. The third kappa shape index (κ3) is 4.64. The number of benzene rings is 1. The Morgan fingerprint density at radius 3 is 2.43 bits per heavy atom. The average molecular weight is 283 g/mol. The predicted molar refractivity (Wildman–Crippen MR) is 87.3 cm³/mol. The highest BCUT2D eigenvalue weighted by atomic mass is 14.9. The zero-order chi connectivity index (χ0) is 15.1. The molecule has 0 bridgehead atoms. The molecule has 2 aromatic rings. The van der Waals surface area contributed by atoms with Crippen LogP contribution in [0.4, 0.5) is 0 Å². The van der Waals surface area contributed by atoms with E-state index in [-0.39, 0.29) is 6.04 Å². The van der Waals surface area contributed by atoms with Gasteiger partial charge >= 0.3 is 0 Å². The van der Waals surface area contributed by atoms with Gasteiger partial charge in [-0.3, -0.25) is 9.97 Å². The monoisotopic (exact) mass is 283 g/mol. The van der Waals surface area contributed by atoms with Gasteiger partial charge in [0.1, 0.15) is 0 Å². The van der Waals surface area contributed by atoms with Gasteiger partial charge in [0, 0.05) is 18.6 Å². The molecule has 0 amide bonds. The molecule has 1 unspecified atom stereocenters. The van der Waals surface area contributed by atoms with Crippen LogP contribution in [-0.4, -0.2) is 16.5 Å². The van der Waals surface area contributed by atoms with Gasteiger partial charge in [0.05, 0.1) is 11.7 Å². The molecule has 0 fully saturated rings. The summed E-state index contributed by atoms with van der Waals surface area (Å²) in [5, 5.41) is 3.57. The average Bonchev–Trinajstić information content (AvgIpc) is 2.52. The van der Waals surface area contributed by atoms with Gasteiger partial charge in [0.15, 0.2) is 0 Å². The van der Waals surface area contributed by atoms with Crippen LogP contribution in [-0.2, 0) is 6.42 Å². The molecule has 3 heteroatoms. The molecule has 1 aromatic heterocycles. The first-order valence-electron chi connectivity index (χ1n) is 7.78. The van der Waals surface area contributed by atoms with E-state index in [1.165, 1.54) is 11.1 Å². The van der Waals surface area contributed by atoms with Crippen molar-refractivity contribution in [3.63, 3.8) is 0 Å². The Morgan fingerprint density at radius 1 is 1.10 bits per heavy atom. The van der Waals surface area contributed by atoms with Crippen molar-refractivity contribution in [3.8, 4) is 0 Å². The second kappa shape index (κ2) is 7.89. The van der Waals surface area contributed by atoms with Gasteiger partial charge < -0.3 is 5.32 Å². The van der Waals surface area contributed by atoms with Crippen LogP contribution in [0.2, 0.25) is 0 Å². The Bertz CT molecular complexity index is 520. The maximum atomic E-state index is 4.45. The highest BCUT2D eigenvalue weighted by molar-refractivity contribution is 5.26. The molecule has 0 aliphatic rings. The molecule has 112 valence electrons. The fraction of sp³-hybridized carbons (Fsp3) is 0.444. The Kier molecular flexibility index (Phi) is 5.88. The van der Waals surface area contributed by atoms with Crippen molar-refractivity contribution in [3.05, 3.63) is 59.7 Å². The summed E-state index contributed by atoms with van der Waals surface area (Å²) >= 11 is 0. The number of hydrogen-bond acceptors (Lipinski definition) is 3. The molecule has 0 saturated heterocycles.